The molecule has 0 atom stereocenters. The number of hydrogen-bond donors (Lipinski definition) is 1. The number of hydrogen-bond acceptors (Lipinski definition) is 3. The molecule has 1 aliphatic carbocycles. The number of benzene rings is 2. The molecule has 0 saturated heterocycles. The number of carbonyl (C=O) groups excluding carboxylic acids is 2. The SMILES string of the molecule is NC(=O)c1ccc(CN(C(=O)c2ccc(-c3ccccc3F)s2)C2CC2)cc1. The van der Waals surface area contributed by atoms with Gasteiger partial charge in [-0.15, -0.1) is 11.3 Å². The Morgan fingerprint density at radius 2 is 1.75 bits per heavy atom. The topological polar surface area (TPSA) is 63.4 Å². The van der Waals surface area contributed by atoms with Crippen molar-refractivity contribution in [3.8, 4) is 10.4 Å². The van der Waals surface area contributed by atoms with Gasteiger partial charge in [-0.3, -0.25) is 9.59 Å². The Morgan fingerprint density at radius 1 is 1.04 bits per heavy atom. The average molecular weight is 394 g/mol. The van der Waals surface area contributed by atoms with Crippen molar-refractivity contribution in [2.75, 3.05) is 0 Å². The fourth-order valence-corrected chi connectivity index (χ4v) is 4.11. The van der Waals surface area contributed by atoms with Gasteiger partial charge in [0.2, 0.25) is 5.91 Å². The van der Waals surface area contributed by atoms with Crippen molar-refractivity contribution in [1.82, 2.24) is 4.90 Å². The van der Waals surface area contributed by atoms with Gasteiger partial charge >= 0.3 is 0 Å². The van der Waals surface area contributed by atoms with Crippen LogP contribution in [-0.4, -0.2) is 22.8 Å². The number of amides is 2. The van der Waals surface area contributed by atoms with Crippen molar-refractivity contribution in [2.24, 2.45) is 5.73 Å². The van der Waals surface area contributed by atoms with Crippen LogP contribution < -0.4 is 5.73 Å². The second kappa shape index (κ2) is 7.56. The van der Waals surface area contributed by atoms with Gasteiger partial charge in [0.1, 0.15) is 5.82 Å². The molecule has 1 fully saturated rings. The van der Waals surface area contributed by atoms with Crippen molar-refractivity contribution in [3.63, 3.8) is 0 Å². The fourth-order valence-electron chi connectivity index (χ4n) is 3.12. The Kier molecular flexibility index (Phi) is 4.96. The lowest BCUT2D eigenvalue weighted by Gasteiger charge is -2.22. The van der Waals surface area contributed by atoms with E-state index in [0.717, 1.165) is 23.3 Å². The van der Waals surface area contributed by atoms with Gasteiger partial charge in [0.05, 0.1) is 4.88 Å². The first-order chi connectivity index (χ1) is 13.5. The maximum absolute atomic E-state index is 14.0. The predicted octanol–water partition coefficient (Wildman–Crippen LogP) is 4.46. The van der Waals surface area contributed by atoms with Gasteiger partial charge < -0.3 is 10.6 Å². The number of halogens is 1. The van der Waals surface area contributed by atoms with E-state index >= 15 is 0 Å². The van der Waals surface area contributed by atoms with Crippen LogP contribution in [0.25, 0.3) is 10.4 Å². The Labute approximate surface area is 166 Å². The lowest BCUT2D eigenvalue weighted by molar-refractivity contribution is 0.0734. The van der Waals surface area contributed by atoms with Crippen LogP contribution in [0.1, 0.15) is 38.4 Å². The first-order valence-corrected chi connectivity index (χ1v) is 9.89. The minimum atomic E-state index is -0.471. The highest BCUT2D eigenvalue weighted by molar-refractivity contribution is 7.17. The van der Waals surface area contributed by atoms with Gasteiger partial charge in [-0.25, -0.2) is 4.39 Å². The van der Waals surface area contributed by atoms with E-state index in [-0.39, 0.29) is 17.8 Å². The van der Waals surface area contributed by atoms with E-state index in [1.54, 1.807) is 42.5 Å². The largest absolute Gasteiger partial charge is 0.366 e. The number of thiophene rings is 1. The molecular formula is C22H19FN2O2S. The Balaban J connectivity index is 1.55. The zero-order valence-corrected chi connectivity index (χ0v) is 15.9. The molecule has 6 heteroatoms. The molecule has 142 valence electrons. The van der Waals surface area contributed by atoms with E-state index in [1.165, 1.54) is 17.4 Å². The van der Waals surface area contributed by atoms with Gasteiger partial charge in [-0.1, -0.05) is 30.3 Å². The Hall–Kier alpha value is -2.99. The number of nitrogens with two attached hydrogens (primary N) is 1. The van der Waals surface area contributed by atoms with Crippen LogP contribution in [0.2, 0.25) is 0 Å². The summed E-state index contributed by atoms with van der Waals surface area (Å²) < 4.78 is 14.0. The fraction of sp³-hybridized carbons (Fsp3) is 0.182. The summed E-state index contributed by atoms with van der Waals surface area (Å²) in [5.41, 5.74) is 7.17. The zero-order valence-electron chi connectivity index (χ0n) is 15.1. The highest BCUT2D eigenvalue weighted by atomic mass is 32.1. The molecule has 2 aromatic carbocycles. The predicted molar refractivity (Wildman–Crippen MR) is 108 cm³/mol. The molecule has 0 spiro atoms. The van der Waals surface area contributed by atoms with Gasteiger partial charge in [0.15, 0.2) is 0 Å². The van der Waals surface area contributed by atoms with Gasteiger partial charge in [-0.2, -0.15) is 0 Å². The lowest BCUT2D eigenvalue weighted by Crippen LogP contribution is -2.32. The quantitative estimate of drug-likeness (QED) is 0.671. The standard InChI is InChI=1S/C22H19FN2O2S/c23-18-4-2-1-3-17(18)19-11-12-20(28-19)22(27)25(16-9-10-16)13-14-5-7-15(8-6-14)21(24)26/h1-8,11-12,16H,9-10,13H2,(H2,24,26). The van der Waals surface area contributed by atoms with Crippen LogP contribution in [0.15, 0.2) is 60.7 Å². The van der Waals surface area contributed by atoms with Crippen LogP contribution in [0, 0.1) is 5.82 Å². The molecule has 0 bridgehead atoms. The van der Waals surface area contributed by atoms with Crippen LogP contribution in [0.4, 0.5) is 4.39 Å². The summed E-state index contributed by atoms with van der Waals surface area (Å²) in [4.78, 5) is 27.5. The first-order valence-electron chi connectivity index (χ1n) is 9.07. The van der Waals surface area contributed by atoms with Gasteiger partial charge in [-0.05, 0) is 48.7 Å². The van der Waals surface area contributed by atoms with E-state index in [2.05, 4.69) is 0 Å². The molecule has 1 heterocycles. The molecule has 0 unspecified atom stereocenters. The first kappa shape index (κ1) is 18.4. The molecule has 2 amide bonds. The normalized spacial score (nSPS) is 13.3. The molecule has 2 N–H and O–H groups in total. The van der Waals surface area contributed by atoms with E-state index in [9.17, 15) is 14.0 Å². The lowest BCUT2D eigenvalue weighted by atomic mass is 10.1. The second-order valence-electron chi connectivity index (χ2n) is 6.87. The van der Waals surface area contributed by atoms with E-state index < -0.39 is 5.91 Å². The number of primary amides is 1. The Bertz CT molecular complexity index is 1030. The van der Waals surface area contributed by atoms with Crippen molar-refractivity contribution in [1.29, 1.82) is 0 Å². The summed E-state index contributed by atoms with van der Waals surface area (Å²) >= 11 is 1.31. The maximum Gasteiger partial charge on any atom is 0.264 e. The van der Waals surface area contributed by atoms with E-state index in [1.807, 2.05) is 17.0 Å². The highest BCUT2D eigenvalue weighted by Crippen LogP contribution is 2.34. The third-order valence-corrected chi connectivity index (χ3v) is 5.90. The van der Waals surface area contributed by atoms with Crippen LogP contribution in [-0.2, 0) is 6.54 Å². The molecule has 0 radical (unpaired) electrons. The van der Waals surface area contributed by atoms with Crippen molar-refractivity contribution < 1.29 is 14.0 Å². The van der Waals surface area contributed by atoms with Gasteiger partial charge in [0.25, 0.3) is 5.91 Å². The summed E-state index contributed by atoms with van der Waals surface area (Å²) in [5, 5.41) is 0. The molecule has 4 rings (SSSR count). The molecular weight excluding hydrogens is 375 g/mol. The highest BCUT2D eigenvalue weighted by Gasteiger charge is 2.33. The zero-order chi connectivity index (χ0) is 19.7. The van der Waals surface area contributed by atoms with Crippen LogP contribution in [0.3, 0.4) is 0 Å². The third kappa shape index (κ3) is 3.82. The van der Waals surface area contributed by atoms with Crippen LogP contribution >= 0.6 is 11.3 Å². The average Bonchev–Trinajstić information content (AvgIpc) is 3.42. The monoisotopic (exact) mass is 394 g/mol. The summed E-state index contributed by atoms with van der Waals surface area (Å²) in [5.74, 6) is -0.813. The molecule has 1 saturated carbocycles. The molecule has 1 aliphatic rings. The molecule has 3 aromatic rings. The third-order valence-electron chi connectivity index (χ3n) is 4.80. The van der Waals surface area contributed by atoms with E-state index in [0.29, 0.717) is 22.5 Å². The maximum atomic E-state index is 14.0. The van der Waals surface area contributed by atoms with Crippen molar-refractivity contribution in [3.05, 3.63) is 82.5 Å². The molecule has 0 aliphatic heterocycles. The smallest absolute Gasteiger partial charge is 0.264 e. The minimum absolute atomic E-state index is 0.0472. The number of rotatable bonds is 6. The van der Waals surface area contributed by atoms with E-state index in [4.69, 9.17) is 5.73 Å². The molecule has 28 heavy (non-hydrogen) atoms. The summed E-state index contributed by atoms with van der Waals surface area (Å²) in [7, 11) is 0. The molecule has 4 nitrogen and oxygen atoms in total. The number of carbonyl (C=O) groups is 2. The van der Waals surface area contributed by atoms with Crippen molar-refractivity contribution >= 4 is 23.2 Å². The second-order valence-corrected chi connectivity index (χ2v) is 7.95. The summed E-state index contributed by atoms with van der Waals surface area (Å²) in [6.07, 6.45) is 1.97. The van der Waals surface area contributed by atoms with Crippen LogP contribution in [0.5, 0.6) is 0 Å². The number of nitrogens with zero attached hydrogens (tertiary/aromatic N) is 1. The summed E-state index contributed by atoms with van der Waals surface area (Å²) in [6.45, 7) is 0.468. The van der Waals surface area contributed by atoms with Gasteiger partial charge in [0, 0.05) is 28.6 Å². The Morgan fingerprint density at radius 3 is 2.39 bits per heavy atom. The minimum Gasteiger partial charge on any atom is -0.366 e. The summed E-state index contributed by atoms with van der Waals surface area (Å²) in [6, 6.07) is 17.3. The molecule has 1 aromatic heterocycles. The van der Waals surface area contributed by atoms with Crippen molar-refractivity contribution in [2.45, 2.75) is 25.4 Å².